The molecule has 0 radical (unpaired) electrons. The molecule has 7 heteroatoms. The van der Waals surface area contributed by atoms with Gasteiger partial charge in [0.25, 0.3) is 0 Å². The van der Waals surface area contributed by atoms with Crippen LogP contribution in [0.25, 0.3) is 0 Å². The van der Waals surface area contributed by atoms with Crippen molar-refractivity contribution in [2.75, 3.05) is 13.2 Å². The van der Waals surface area contributed by atoms with Gasteiger partial charge in [0.15, 0.2) is 11.5 Å². The highest BCUT2D eigenvalue weighted by Gasteiger charge is 2.17. The monoisotopic (exact) mass is 364 g/mol. The van der Waals surface area contributed by atoms with Crippen LogP contribution in [0.2, 0.25) is 0 Å². The van der Waals surface area contributed by atoms with Gasteiger partial charge in [0, 0.05) is 25.0 Å². The molecule has 0 aliphatic carbocycles. The molecule has 1 N–H and O–H groups in total. The van der Waals surface area contributed by atoms with Gasteiger partial charge in [-0.1, -0.05) is 19.9 Å². The molecule has 6 nitrogen and oxygen atoms in total. The maximum atomic E-state index is 12.5. The Bertz CT molecular complexity index is 764. The zero-order valence-corrected chi connectivity index (χ0v) is 15.4. The Morgan fingerprint density at radius 2 is 1.76 bits per heavy atom. The summed E-state index contributed by atoms with van der Waals surface area (Å²) in [7, 11) is -3.66. The number of benzene rings is 1. The van der Waals surface area contributed by atoms with Crippen molar-refractivity contribution in [1.82, 2.24) is 9.71 Å². The van der Waals surface area contributed by atoms with Gasteiger partial charge in [-0.15, -0.1) is 0 Å². The number of aromatic nitrogens is 1. The molecule has 0 spiro atoms. The summed E-state index contributed by atoms with van der Waals surface area (Å²) in [5.41, 5.74) is 0.788. The van der Waals surface area contributed by atoms with Gasteiger partial charge in [-0.3, -0.25) is 4.98 Å². The number of rotatable bonds is 10. The van der Waals surface area contributed by atoms with Crippen molar-refractivity contribution in [2.24, 2.45) is 0 Å². The van der Waals surface area contributed by atoms with Crippen LogP contribution < -0.4 is 14.2 Å². The lowest BCUT2D eigenvalue weighted by Gasteiger charge is -2.14. The van der Waals surface area contributed by atoms with E-state index in [4.69, 9.17) is 9.47 Å². The predicted octanol–water partition coefficient (Wildman–Crippen LogP) is 3.14. The van der Waals surface area contributed by atoms with Crippen molar-refractivity contribution < 1.29 is 17.9 Å². The fourth-order valence-corrected chi connectivity index (χ4v) is 3.11. The Hall–Kier alpha value is -2.12. The number of pyridine rings is 1. The smallest absolute Gasteiger partial charge is 0.241 e. The average molecular weight is 364 g/mol. The molecular weight excluding hydrogens is 340 g/mol. The zero-order chi connectivity index (χ0) is 18.1. The summed E-state index contributed by atoms with van der Waals surface area (Å²) in [5.74, 6) is 1.00. The molecule has 0 unspecified atom stereocenters. The van der Waals surface area contributed by atoms with E-state index in [1.165, 1.54) is 12.1 Å². The van der Waals surface area contributed by atoms with Crippen molar-refractivity contribution in [3.05, 3.63) is 48.3 Å². The summed E-state index contributed by atoms with van der Waals surface area (Å²) in [4.78, 5) is 4.12. The van der Waals surface area contributed by atoms with Gasteiger partial charge >= 0.3 is 0 Å². The Kier molecular flexibility index (Phi) is 7.21. The third-order valence-corrected chi connectivity index (χ3v) is 4.74. The molecule has 0 fully saturated rings. The van der Waals surface area contributed by atoms with Crippen LogP contribution in [0.5, 0.6) is 11.5 Å². The molecule has 1 heterocycles. The topological polar surface area (TPSA) is 77.5 Å². The van der Waals surface area contributed by atoms with Gasteiger partial charge < -0.3 is 9.47 Å². The minimum atomic E-state index is -3.66. The van der Waals surface area contributed by atoms with Crippen LogP contribution in [-0.2, 0) is 16.6 Å². The van der Waals surface area contributed by atoms with E-state index >= 15 is 0 Å². The highest BCUT2D eigenvalue weighted by molar-refractivity contribution is 7.89. The fraction of sp³-hybridized carbons (Fsp3) is 0.389. The highest BCUT2D eigenvalue weighted by Crippen LogP contribution is 2.30. The summed E-state index contributed by atoms with van der Waals surface area (Å²) in [5, 5.41) is 0. The van der Waals surface area contributed by atoms with Gasteiger partial charge in [0.2, 0.25) is 10.0 Å². The maximum Gasteiger partial charge on any atom is 0.241 e. The standard InChI is InChI=1S/C18H24N2O4S/c1-3-10-23-17-8-7-16(12-18(17)24-11-4-2)25(21,22)20-14-15-6-5-9-19-13-15/h5-9,12-13,20H,3-4,10-11,14H2,1-2H3. The molecule has 2 rings (SSSR count). The second kappa shape index (κ2) is 9.39. The van der Waals surface area contributed by atoms with Crippen molar-refractivity contribution in [2.45, 2.75) is 38.1 Å². The van der Waals surface area contributed by atoms with E-state index in [1.807, 2.05) is 19.9 Å². The van der Waals surface area contributed by atoms with E-state index in [9.17, 15) is 8.42 Å². The molecule has 136 valence electrons. The summed E-state index contributed by atoms with van der Waals surface area (Å²) < 4.78 is 38.9. The SMILES string of the molecule is CCCOc1ccc(S(=O)(=O)NCc2cccnc2)cc1OCCC. The molecule has 0 bridgehead atoms. The first-order chi connectivity index (χ1) is 12.1. The summed E-state index contributed by atoms with van der Waals surface area (Å²) >= 11 is 0. The molecule has 0 atom stereocenters. The third kappa shape index (κ3) is 5.72. The largest absolute Gasteiger partial charge is 0.490 e. The van der Waals surface area contributed by atoms with Crippen molar-refractivity contribution in [3.63, 3.8) is 0 Å². The first kappa shape index (κ1) is 19.2. The van der Waals surface area contributed by atoms with Gasteiger partial charge in [-0.05, 0) is 36.6 Å². The first-order valence-electron chi connectivity index (χ1n) is 8.35. The van der Waals surface area contributed by atoms with Crippen molar-refractivity contribution >= 4 is 10.0 Å². The fourth-order valence-electron chi connectivity index (χ4n) is 2.08. The van der Waals surface area contributed by atoms with Crippen LogP contribution in [0.1, 0.15) is 32.3 Å². The zero-order valence-electron chi connectivity index (χ0n) is 14.6. The van der Waals surface area contributed by atoms with Crippen LogP contribution in [-0.4, -0.2) is 26.6 Å². The first-order valence-corrected chi connectivity index (χ1v) is 9.83. The van der Waals surface area contributed by atoms with Gasteiger partial charge in [-0.25, -0.2) is 13.1 Å². The molecule has 0 amide bonds. The maximum absolute atomic E-state index is 12.5. The molecule has 0 saturated heterocycles. The molecule has 25 heavy (non-hydrogen) atoms. The van der Waals surface area contributed by atoms with Crippen LogP contribution in [0.15, 0.2) is 47.6 Å². The number of hydrogen-bond acceptors (Lipinski definition) is 5. The van der Waals surface area contributed by atoms with Crippen molar-refractivity contribution in [3.8, 4) is 11.5 Å². The Morgan fingerprint density at radius 1 is 1.04 bits per heavy atom. The lowest BCUT2D eigenvalue weighted by Crippen LogP contribution is -2.23. The average Bonchev–Trinajstić information content (AvgIpc) is 2.64. The predicted molar refractivity (Wildman–Crippen MR) is 96.3 cm³/mol. The molecule has 0 saturated carbocycles. The van der Waals surface area contributed by atoms with Crippen LogP contribution in [0.4, 0.5) is 0 Å². The van der Waals surface area contributed by atoms with Crippen LogP contribution in [0.3, 0.4) is 0 Å². The van der Waals surface area contributed by atoms with E-state index in [0.29, 0.717) is 24.7 Å². The number of nitrogens with one attached hydrogen (secondary N) is 1. The van der Waals surface area contributed by atoms with Gasteiger partial charge in [0.05, 0.1) is 18.1 Å². The summed E-state index contributed by atoms with van der Waals surface area (Å²) in [6, 6.07) is 8.24. The minimum Gasteiger partial charge on any atom is -0.490 e. The second-order valence-electron chi connectivity index (χ2n) is 5.49. The number of sulfonamides is 1. The molecule has 2 aromatic rings. The highest BCUT2D eigenvalue weighted by atomic mass is 32.2. The summed E-state index contributed by atoms with van der Waals surface area (Å²) in [6.07, 6.45) is 4.95. The van der Waals surface area contributed by atoms with E-state index in [1.54, 1.807) is 24.5 Å². The molecule has 0 aliphatic heterocycles. The second-order valence-corrected chi connectivity index (χ2v) is 7.26. The molecule has 1 aromatic heterocycles. The van der Waals surface area contributed by atoms with Gasteiger partial charge in [0.1, 0.15) is 0 Å². The van der Waals surface area contributed by atoms with E-state index < -0.39 is 10.0 Å². The van der Waals surface area contributed by atoms with Crippen LogP contribution >= 0.6 is 0 Å². The Labute approximate surface area is 149 Å². The number of nitrogens with zero attached hydrogens (tertiary/aromatic N) is 1. The van der Waals surface area contributed by atoms with E-state index in [-0.39, 0.29) is 11.4 Å². The molecule has 1 aromatic carbocycles. The Morgan fingerprint density at radius 3 is 2.40 bits per heavy atom. The van der Waals surface area contributed by atoms with E-state index in [2.05, 4.69) is 9.71 Å². The quantitative estimate of drug-likeness (QED) is 0.701. The minimum absolute atomic E-state index is 0.145. The Balaban J connectivity index is 2.18. The molecule has 0 aliphatic rings. The normalized spacial score (nSPS) is 11.3. The van der Waals surface area contributed by atoms with Crippen molar-refractivity contribution in [1.29, 1.82) is 0 Å². The number of hydrogen-bond donors (Lipinski definition) is 1. The van der Waals surface area contributed by atoms with Gasteiger partial charge in [-0.2, -0.15) is 0 Å². The van der Waals surface area contributed by atoms with E-state index in [0.717, 1.165) is 18.4 Å². The third-order valence-electron chi connectivity index (χ3n) is 3.34. The number of ether oxygens (including phenoxy) is 2. The lowest BCUT2D eigenvalue weighted by molar-refractivity contribution is 0.267. The lowest BCUT2D eigenvalue weighted by atomic mass is 10.3. The van der Waals surface area contributed by atoms with Crippen LogP contribution in [0, 0.1) is 0 Å². The summed E-state index contributed by atoms with van der Waals surface area (Å²) in [6.45, 7) is 5.22. The molecular formula is C18H24N2O4S.